The molecule has 0 saturated carbocycles. The number of nitrogens with one attached hydrogen (secondary N) is 2. The topological polar surface area (TPSA) is 67.2 Å². The van der Waals surface area contributed by atoms with E-state index in [-0.39, 0.29) is 5.11 Å². The minimum atomic E-state index is -0.439. The third-order valence-electron chi connectivity index (χ3n) is 5.54. The molecule has 5 nitrogen and oxygen atoms in total. The zero-order valence-electron chi connectivity index (χ0n) is 19.7. The number of para-hydroxylation sites is 1. The number of thiazole rings is 1. The van der Waals surface area contributed by atoms with Gasteiger partial charge in [0.25, 0.3) is 0 Å². The molecule has 0 aliphatic rings. The number of carbonyl (C=O) groups excluding carboxylic acids is 1. The highest BCUT2D eigenvalue weighted by Crippen LogP contribution is 2.40. The quantitative estimate of drug-likeness (QED) is 0.156. The lowest BCUT2D eigenvalue weighted by Crippen LogP contribution is -2.33. The second-order valence-electron chi connectivity index (χ2n) is 8.24. The first-order chi connectivity index (χ1) is 18.3. The number of hydrogen-bond acceptors (Lipinski definition) is 5. The minimum Gasteiger partial charge on any atom is -0.457 e. The van der Waals surface area contributed by atoms with Crippen LogP contribution in [0.3, 0.4) is 0 Å². The molecule has 10 heteroatoms. The molecule has 0 fully saturated rings. The van der Waals surface area contributed by atoms with Gasteiger partial charge in [0.2, 0.25) is 5.91 Å². The lowest BCUT2D eigenvalue weighted by Gasteiger charge is -2.14. The molecule has 0 radical (unpaired) electrons. The molecule has 190 valence electrons. The summed E-state index contributed by atoms with van der Waals surface area (Å²) in [5, 5.41) is 7.89. The highest BCUT2D eigenvalue weighted by Gasteiger charge is 2.17. The van der Waals surface area contributed by atoms with Crippen LogP contribution < -0.4 is 10.6 Å². The number of benzene rings is 3. The summed E-state index contributed by atoms with van der Waals surface area (Å²) in [6, 6.07) is 20.4. The van der Waals surface area contributed by atoms with Crippen LogP contribution in [-0.2, 0) is 4.79 Å². The molecule has 2 aromatic heterocycles. The summed E-state index contributed by atoms with van der Waals surface area (Å²) in [6.07, 6.45) is 2.88. The third kappa shape index (κ3) is 5.93. The lowest BCUT2D eigenvalue weighted by atomic mass is 10.1. The van der Waals surface area contributed by atoms with Gasteiger partial charge < -0.3 is 9.73 Å². The van der Waals surface area contributed by atoms with Crippen molar-refractivity contribution in [3.63, 3.8) is 0 Å². The van der Waals surface area contributed by atoms with E-state index >= 15 is 0 Å². The molecule has 3 aromatic carbocycles. The van der Waals surface area contributed by atoms with E-state index in [0.29, 0.717) is 37.8 Å². The minimum absolute atomic E-state index is 0.0701. The Hall–Kier alpha value is -3.20. The van der Waals surface area contributed by atoms with Crippen molar-refractivity contribution in [1.29, 1.82) is 0 Å². The SMILES string of the molecule is Cc1ccc(-c2ccc(/C=C/C(=O)NC(=S)Nc3c(Cl)cc(Cl)cc3-c3nc4ccccc4s3)o2)cc1Cl. The maximum atomic E-state index is 12.5. The molecule has 0 atom stereocenters. The van der Waals surface area contributed by atoms with Gasteiger partial charge in [0.15, 0.2) is 5.11 Å². The standard InChI is InChI=1S/C28H18Cl3N3O2S2/c1-15-6-7-16(12-20(15)30)23-10-8-18(36-23)9-11-25(35)33-28(37)34-26-19(13-17(29)14-21(26)31)27-32-22-4-2-3-5-24(22)38-27/h2-14H,1H3,(H2,33,34,35,37)/b11-9+. The van der Waals surface area contributed by atoms with Crippen LogP contribution in [-0.4, -0.2) is 16.0 Å². The number of fused-ring (bicyclic) bond motifs is 1. The summed E-state index contributed by atoms with van der Waals surface area (Å²) in [5.41, 5.74) is 3.86. The maximum absolute atomic E-state index is 12.5. The normalized spacial score (nSPS) is 11.3. The summed E-state index contributed by atoms with van der Waals surface area (Å²) in [4.78, 5) is 17.2. The van der Waals surface area contributed by atoms with Gasteiger partial charge in [-0.1, -0.05) is 59.1 Å². The lowest BCUT2D eigenvalue weighted by molar-refractivity contribution is -0.115. The molecule has 2 N–H and O–H groups in total. The Balaban J connectivity index is 1.29. The summed E-state index contributed by atoms with van der Waals surface area (Å²) in [7, 11) is 0. The van der Waals surface area contributed by atoms with Gasteiger partial charge in [-0.05, 0) is 73.2 Å². The van der Waals surface area contributed by atoms with E-state index in [1.807, 2.05) is 55.5 Å². The van der Waals surface area contributed by atoms with E-state index < -0.39 is 5.91 Å². The highest BCUT2D eigenvalue weighted by molar-refractivity contribution is 7.80. The Labute approximate surface area is 243 Å². The van der Waals surface area contributed by atoms with E-state index in [0.717, 1.165) is 26.4 Å². The Kier molecular flexibility index (Phi) is 7.83. The number of nitrogens with zero attached hydrogens (tertiary/aromatic N) is 1. The van der Waals surface area contributed by atoms with E-state index in [4.69, 9.17) is 56.4 Å². The van der Waals surface area contributed by atoms with Crippen molar-refractivity contribution >= 4 is 91.4 Å². The fourth-order valence-corrected chi connectivity index (χ4v) is 5.57. The summed E-state index contributed by atoms with van der Waals surface area (Å²) >= 11 is 25.9. The number of aromatic nitrogens is 1. The number of aryl methyl sites for hydroxylation is 1. The molecule has 0 spiro atoms. The molecule has 5 aromatic rings. The number of carbonyl (C=O) groups is 1. The number of halogens is 3. The second-order valence-corrected chi connectivity index (χ2v) is 10.9. The Morgan fingerprint density at radius 2 is 1.84 bits per heavy atom. The molecular weight excluding hydrogens is 581 g/mol. The third-order valence-corrected chi connectivity index (χ3v) is 7.73. The molecule has 0 aliphatic heterocycles. The first kappa shape index (κ1) is 26.4. The van der Waals surface area contributed by atoms with Gasteiger partial charge in [-0.2, -0.15) is 0 Å². The molecule has 0 saturated heterocycles. The zero-order valence-corrected chi connectivity index (χ0v) is 23.6. The van der Waals surface area contributed by atoms with Crippen molar-refractivity contribution in [3.05, 3.63) is 99.2 Å². The number of furan rings is 1. The van der Waals surface area contributed by atoms with Crippen LogP contribution in [0.4, 0.5) is 5.69 Å². The predicted molar refractivity (Wildman–Crippen MR) is 162 cm³/mol. The number of rotatable bonds is 5. The van der Waals surface area contributed by atoms with Crippen LogP contribution in [0.15, 0.2) is 77.2 Å². The predicted octanol–water partition coefficient (Wildman–Crippen LogP) is 9.02. The maximum Gasteiger partial charge on any atom is 0.250 e. The van der Waals surface area contributed by atoms with Gasteiger partial charge in [0.05, 0.1) is 20.9 Å². The Morgan fingerprint density at radius 1 is 1.03 bits per heavy atom. The van der Waals surface area contributed by atoms with Gasteiger partial charge in [-0.15, -0.1) is 11.3 Å². The van der Waals surface area contributed by atoms with Crippen LogP contribution in [0.5, 0.6) is 0 Å². The molecule has 0 unspecified atom stereocenters. The van der Waals surface area contributed by atoms with Gasteiger partial charge >= 0.3 is 0 Å². The average Bonchev–Trinajstić information content (AvgIpc) is 3.53. The van der Waals surface area contributed by atoms with Crippen LogP contribution in [0.1, 0.15) is 11.3 Å². The fourth-order valence-electron chi connectivity index (χ4n) is 3.66. The molecule has 0 bridgehead atoms. The van der Waals surface area contributed by atoms with Crippen molar-refractivity contribution in [2.24, 2.45) is 0 Å². The van der Waals surface area contributed by atoms with Crippen molar-refractivity contribution in [2.45, 2.75) is 6.92 Å². The monoisotopic (exact) mass is 597 g/mol. The van der Waals surface area contributed by atoms with E-state index in [1.54, 1.807) is 24.3 Å². The van der Waals surface area contributed by atoms with E-state index in [9.17, 15) is 4.79 Å². The number of anilines is 1. The smallest absolute Gasteiger partial charge is 0.250 e. The number of thiocarbonyl (C=S) groups is 1. The van der Waals surface area contributed by atoms with Crippen molar-refractivity contribution in [1.82, 2.24) is 10.3 Å². The highest BCUT2D eigenvalue weighted by atomic mass is 35.5. The van der Waals surface area contributed by atoms with Crippen LogP contribution >= 0.6 is 58.4 Å². The van der Waals surface area contributed by atoms with E-state index in [2.05, 4.69) is 10.6 Å². The summed E-state index contributed by atoms with van der Waals surface area (Å²) in [5.74, 6) is 0.707. The second kappa shape index (κ2) is 11.3. The van der Waals surface area contributed by atoms with E-state index in [1.165, 1.54) is 17.4 Å². The van der Waals surface area contributed by atoms with Gasteiger partial charge in [0.1, 0.15) is 16.5 Å². The van der Waals surface area contributed by atoms with Crippen molar-refractivity contribution in [2.75, 3.05) is 5.32 Å². The molecule has 2 heterocycles. The van der Waals surface area contributed by atoms with Crippen LogP contribution in [0.2, 0.25) is 15.1 Å². The van der Waals surface area contributed by atoms with Crippen molar-refractivity contribution < 1.29 is 9.21 Å². The number of amides is 1. The molecule has 1 amide bonds. The average molecular weight is 599 g/mol. The number of hydrogen-bond donors (Lipinski definition) is 2. The largest absolute Gasteiger partial charge is 0.457 e. The van der Waals surface area contributed by atoms with Crippen LogP contribution in [0, 0.1) is 6.92 Å². The van der Waals surface area contributed by atoms with Crippen LogP contribution in [0.25, 0.3) is 38.2 Å². The zero-order chi connectivity index (χ0) is 26.8. The van der Waals surface area contributed by atoms with Gasteiger partial charge in [-0.25, -0.2) is 4.98 Å². The summed E-state index contributed by atoms with van der Waals surface area (Å²) < 4.78 is 6.85. The van der Waals surface area contributed by atoms with Gasteiger partial charge in [-0.3, -0.25) is 10.1 Å². The molecular formula is C28H18Cl3N3O2S2. The fraction of sp³-hybridized carbons (Fsp3) is 0.0357. The Morgan fingerprint density at radius 3 is 2.63 bits per heavy atom. The molecule has 38 heavy (non-hydrogen) atoms. The molecule has 5 rings (SSSR count). The first-order valence-electron chi connectivity index (χ1n) is 11.3. The first-order valence-corrected chi connectivity index (χ1v) is 13.6. The Bertz CT molecular complexity index is 1690. The van der Waals surface area contributed by atoms with Crippen molar-refractivity contribution in [3.8, 4) is 21.9 Å². The van der Waals surface area contributed by atoms with Gasteiger partial charge in [0, 0.05) is 27.2 Å². The molecule has 0 aliphatic carbocycles. The summed E-state index contributed by atoms with van der Waals surface area (Å²) in [6.45, 7) is 1.93.